The number of para-hydroxylation sites is 1. The summed E-state index contributed by atoms with van der Waals surface area (Å²) < 4.78 is 12.8. The fourth-order valence-corrected chi connectivity index (χ4v) is 4.20. The number of furan rings is 1. The molecular weight excluding hydrogens is 440 g/mol. The van der Waals surface area contributed by atoms with Crippen molar-refractivity contribution in [2.45, 2.75) is 13.8 Å². The maximum atomic E-state index is 13.4. The lowest BCUT2D eigenvalue weighted by Gasteiger charge is -2.20. The maximum absolute atomic E-state index is 13.4. The molecular formula is C28H26N4O3. The summed E-state index contributed by atoms with van der Waals surface area (Å²) in [6, 6.07) is 22.7. The van der Waals surface area contributed by atoms with Crippen molar-refractivity contribution in [3.63, 3.8) is 0 Å². The molecule has 0 N–H and O–H groups in total. The first kappa shape index (κ1) is 22.4. The fraction of sp³-hybridized carbons (Fsp3) is 0.179. The Bertz CT molecular complexity index is 1580. The molecule has 0 atom stereocenters. The summed E-state index contributed by atoms with van der Waals surface area (Å²) in [5, 5.41) is 5.83. The Labute approximate surface area is 202 Å². The number of anilines is 1. The number of rotatable bonds is 7. The lowest BCUT2D eigenvalue weighted by Crippen LogP contribution is -2.21. The molecule has 0 fully saturated rings. The van der Waals surface area contributed by atoms with Gasteiger partial charge in [0.05, 0.1) is 29.6 Å². The van der Waals surface area contributed by atoms with E-state index in [0.29, 0.717) is 33.8 Å². The average molecular weight is 467 g/mol. The summed E-state index contributed by atoms with van der Waals surface area (Å²) in [4.78, 5) is 20.4. The minimum absolute atomic E-state index is 0.269. The second-order valence-electron chi connectivity index (χ2n) is 8.06. The molecule has 0 aliphatic heterocycles. The van der Waals surface area contributed by atoms with E-state index >= 15 is 0 Å². The smallest absolute Gasteiger partial charge is 0.282 e. The number of aromatic nitrogens is 2. The number of hydrogen-bond acceptors (Lipinski definition) is 6. The van der Waals surface area contributed by atoms with Gasteiger partial charge >= 0.3 is 0 Å². The van der Waals surface area contributed by atoms with E-state index in [2.05, 4.69) is 36.0 Å². The van der Waals surface area contributed by atoms with Gasteiger partial charge in [-0.15, -0.1) is 0 Å². The molecule has 0 unspecified atom stereocenters. The van der Waals surface area contributed by atoms with Crippen LogP contribution in [-0.2, 0) is 0 Å². The minimum atomic E-state index is -0.269. The van der Waals surface area contributed by atoms with E-state index in [0.717, 1.165) is 29.7 Å². The Kier molecular flexibility index (Phi) is 6.06. The van der Waals surface area contributed by atoms with Gasteiger partial charge in [-0.05, 0) is 61.9 Å². The van der Waals surface area contributed by atoms with E-state index in [9.17, 15) is 4.79 Å². The molecule has 0 bridgehead atoms. The predicted octanol–water partition coefficient (Wildman–Crippen LogP) is 5.55. The molecule has 0 aliphatic rings. The molecule has 7 nitrogen and oxygen atoms in total. The molecule has 5 rings (SSSR count). The van der Waals surface area contributed by atoms with Crippen LogP contribution in [-0.4, -0.2) is 36.1 Å². The predicted molar refractivity (Wildman–Crippen MR) is 141 cm³/mol. The number of nitrogens with zero attached hydrogens (tertiary/aromatic N) is 4. The van der Waals surface area contributed by atoms with Crippen LogP contribution in [0.15, 0.2) is 87.1 Å². The summed E-state index contributed by atoms with van der Waals surface area (Å²) in [6.07, 6.45) is 1.66. The fourth-order valence-electron chi connectivity index (χ4n) is 4.20. The van der Waals surface area contributed by atoms with Gasteiger partial charge in [-0.3, -0.25) is 4.79 Å². The minimum Gasteiger partial charge on any atom is -0.496 e. The first-order valence-corrected chi connectivity index (χ1v) is 11.6. The lowest BCUT2D eigenvalue weighted by molar-refractivity contribution is 0.419. The quantitative estimate of drug-likeness (QED) is 0.294. The van der Waals surface area contributed by atoms with E-state index < -0.39 is 0 Å². The maximum Gasteiger partial charge on any atom is 0.282 e. The van der Waals surface area contributed by atoms with Crippen molar-refractivity contribution in [2.24, 2.45) is 5.10 Å². The van der Waals surface area contributed by atoms with E-state index in [-0.39, 0.29) is 5.56 Å². The SMILES string of the molecule is CCN(CC)c1ccc(C=Nn2c(-c3cc4c(OC)cccc4o3)nc3ccccc3c2=O)cc1. The van der Waals surface area contributed by atoms with Gasteiger partial charge in [-0.2, -0.15) is 9.78 Å². The topological polar surface area (TPSA) is 72.9 Å². The third-order valence-electron chi connectivity index (χ3n) is 6.06. The van der Waals surface area contributed by atoms with E-state index in [1.807, 2.05) is 54.6 Å². The Hall–Kier alpha value is -4.39. The van der Waals surface area contributed by atoms with Gasteiger partial charge in [0, 0.05) is 18.8 Å². The number of benzene rings is 3. The highest BCUT2D eigenvalue weighted by molar-refractivity contribution is 5.88. The van der Waals surface area contributed by atoms with Crippen molar-refractivity contribution in [3.05, 3.63) is 88.7 Å². The highest BCUT2D eigenvalue weighted by atomic mass is 16.5. The molecule has 176 valence electrons. The molecule has 35 heavy (non-hydrogen) atoms. The van der Waals surface area contributed by atoms with Crippen LogP contribution in [0.3, 0.4) is 0 Å². The van der Waals surface area contributed by atoms with Crippen LogP contribution in [0.2, 0.25) is 0 Å². The third-order valence-corrected chi connectivity index (χ3v) is 6.06. The molecule has 0 radical (unpaired) electrons. The van der Waals surface area contributed by atoms with Gasteiger partial charge < -0.3 is 14.1 Å². The van der Waals surface area contributed by atoms with Crippen LogP contribution in [0.1, 0.15) is 19.4 Å². The van der Waals surface area contributed by atoms with Crippen LogP contribution >= 0.6 is 0 Å². The molecule has 7 heteroatoms. The third kappa shape index (κ3) is 4.17. The zero-order chi connectivity index (χ0) is 24.4. The highest BCUT2D eigenvalue weighted by Gasteiger charge is 2.17. The van der Waals surface area contributed by atoms with Gasteiger partial charge in [0.15, 0.2) is 5.76 Å². The van der Waals surface area contributed by atoms with Crippen molar-refractivity contribution in [1.29, 1.82) is 0 Å². The number of hydrogen-bond donors (Lipinski definition) is 0. The first-order chi connectivity index (χ1) is 17.1. The van der Waals surface area contributed by atoms with Crippen molar-refractivity contribution in [2.75, 3.05) is 25.1 Å². The Morgan fingerprint density at radius 2 is 1.77 bits per heavy atom. The molecule has 0 spiro atoms. The summed E-state index contributed by atoms with van der Waals surface area (Å²) >= 11 is 0. The molecule has 0 amide bonds. The summed E-state index contributed by atoms with van der Waals surface area (Å²) in [7, 11) is 1.61. The largest absolute Gasteiger partial charge is 0.496 e. The van der Waals surface area contributed by atoms with Gasteiger partial charge in [-0.25, -0.2) is 4.98 Å². The lowest BCUT2D eigenvalue weighted by atomic mass is 10.2. The Morgan fingerprint density at radius 3 is 2.51 bits per heavy atom. The second kappa shape index (κ2) is 9.46. The zero-order valence-corrected chi connectivity index (χ0v) is 19.9. The van der Waals surface area contributed by atoms with Crippen LogP contribution in [0.5, 0.6) is 5.75 Å². The van der Waals surface area contributed by atoms with E-state index in [1.54, 1.807) is 19.4 Å². The molecule has 0 saturated heterocycles. The zero-order valence-electron chi connectivity index (χ0n) is 19.9. The van der Waals surface area contributed by atoms with Crippen molar-refractivity contribution >= 4 is 33.8 Å². The Morgan fingerprint density at radius 1 is 1.00 bits per heavy atom. The van der Waals surface area contributed by atoms with E-state index in [1.165, 1.54) is 4.68 Å². The molecule has 5 aromatic rings. The molecule has 2 heterocycles. The standard InChI is InChI=1S/C28H26N4O3/c1-4-31(5-2)20-15-13-19(14-16-20)18-29-32-27(30-23-10-7-6-9-21(23)28(32)33)26-17-22-24(34-3)11-8-12-25(22)35-26/h6-18H,4-5H2,1-3H3. The molecule has 0 saturated carbocycles. The van der Waals surface area contributed by atoms with Gasteiger partial charge in [0.25, 0.3) is 5.56 Å². The monoisotopic (exact) mass is 466 g/mol. The van der Waals surface area contributed by atoms with Gasteiger partial charge in [0.1, 0.15) is 11.3 Å². The molecule has 2 aromatic heterocycles. The van der Waals surface area contributed by atoms with Gasteiger partial charge in [-0.1, -0.05) is 30.3 Å². The molecule has 0 aliphatic carbocycles. The van der Waals surface area contributed by atoms with Crippen LogP contribution in [0.25, 0.3) is 33.5 Å². The van der Waals surface area contributed by atoms with Gasteiger partial charge in [0.2, 0.25) is 5.82 Å². The number of ether oxygens (including phenoxy) is 1. The summed E-state index contributed by atoms with van der Waals surface area (Å²) in [5.41, 5.74) is 2.97. The van der Waals surface area contributed by atoms with Crippen molar-refractivity contribution in [1.82, 2.24) is 9.66 Å². The van der Waals surface area contributed by atoms with Crippen LogP contribution in [0, 0.1) is 0 Å². The first-order valence-electron chi connectivity index (χ1n) is 11.6. The molecule has 3 aromatic carbocycles. The second-order valence-corrected chi connectivity index (χ2v) is 8.06. The normalized spacial score (nSPS) is 11.5. The van der Waals surface area contributed by atoms with Crippen molar-refractivity contribution in [3.8, 4) is 17.3 Å². The van der Waals surface area contributed by atoms with Crippen LogP contribution in [0.4, 0.5) is 5.69 Å². The van der Waals surface area contributed by atoms with Crippen molar-refractivity contribution < 1.29 is 9.15 Å². The van der Waals surface area contributed by atoms with E-state index in [4.69, 9.17) is 14.1 Å². The average Bonchev–Trinajstić information content (AvgIpc) is 3.34. The Balaban J connectivity index is 1.63. The van der Waals surface area contributed by atoms with Crippen LogP contribution < -0.4 is 15.2 Å². The highest BCUT2D eigenvalue weighted by Crippen LogP contribution is 2.32. The number of fused-ring (bicyclic) bond motifs is 2. The number of methoxy groups -OCH3 is 1. The summed E-state index contributed by atoms with van der Waals surface area (Å²) in [5.74, 6) is 1.44. The summed E-state index contributed by atoms with van der Waals surface area (Å²) in [6.45, 7) is 6.14.